The number of carbonyl (C=O) groups excluding carboxylic acids is 1. The van der Waals surface area contributed by atoms with Crippen molar-refractivity contribution in [2.24, 2.45) is 0 Å². The molecule has 3 N–H and O–H groups in total. The molecule has 0 aromatic carbocycles. The molecule has 2 saturated heterocycles. The summed E-state index contributed by atoms with van der Waals surface area (Å²) in [7, 11) is 0. The molecule has 1 amide bonds. The molecule has 6 nitrogen and oxygen atoms in total. The van der Waals surface area contributed by atoms with Gasteiger partial charge in [-0.2, -0.15) is 0 Å². The summed E-state index contributed by atoms with van der Waals surface area (Å²) in [4.78, 5) is 18.5. The molecule has 3 rings (SSSR count). The quantitative estimate of drug-likeness (QED) is 0.822. The van der Waals surface area contributed by atoms with Gasteiger partial charge in [0.15, 0.2) is 0 Å². The highest BCUT2D eigenvalue weighted by molar-refractivity contribution is 5.70. The van der Waals surface area contributed by atoms with E-state index in [1.54, 1.807) is 12.3 Å². The second-order valence-electron chi connectivity index (χ2n) is 6.75. The standard InChI is InChI=1S/C15H22N4O2/c1-15(2,3)21-14(20)19-10-6-11(17-8-10)13(19)9-4-5-12(16)18-7-9/h4-5,7,10-11,13,17H,6,8H2,1-3H3,(H2,16,18). The van der Waals surface area contributed by atoms with Crippen molar-refractivity contribution >= 4 is 11.9 Å². The number of anilines is 1. The van der Waals surface area contributed by atoms with Crippen molar-refractivity contribution in [3.8, 4) is 0 Å². The van der Waals surface area contributed by atoms with Crippen LogP contribution in [-0.2, 0) is 4.74 Å². The maximum absolute atomic E-state index is 12.5. The summed E-state index contributed by atoms with van der Waals surface area (Å²) in [6.45, 7) is 6.48. The Bertz CT molecular complexity index is 538. The molecule has 2 fully saturated rings. The molecule has 21 heavy (non-hydrogen) atoms. The number of piperazine rings is 1. The minimum atomic E-state index is -0.490. The first-order chi connectivity index (χ1) is 9.85. The number of hydrogen-bond acceptors (Lipinski definition) is 5. The van der Waals surface area contributed by atoms with Crippen LogP contribution in [0.2, 0.25) is 0 Å². The molecule has 0 spiro atoms. The fraction of sp³-hybridized carbons (Fsp3) is 0.600. The average molecular weight is 290 g/mol. The van der Waals surface area contributed by atoms with Crippen molar-refractivity contribution in [3.05, 3.63) is 23.9 Å². The van der Waals surface area contributed by atoms with Crippen molar-refractivity contribution in [1.29, 1.82) is 0 Å². The highest BCUT2D eigenvalue weighted by atomic mass is 16.6. The Morgan fingerprint density at radius 3 is 2.86 bits per heavy atom. The summed E-state index contributed by atoms with van der Waals surface area (Å²) in [5.74, 6) is 0.485. The summed E-state index contributed by atoms with van der Waals surface area (Å²) < 4.78 is 5.56. The van der Waals surface area contributed by atoms with Gasteiger partial charge in [0, 0.05) is 24.8 Å². The summed E-state index contributed by atoms with van der Waals surface area (Å²) in [6.07, 6.45) is 2.45. The van der Waals surface area contributed by atoms with Crippen molar-refractivity contribution < 1.29 is 9.53 Å². The van der Waals surface area contributed by atoms with Gasteiger partial charge in [0.25, 0.3) is 0 Å². The third-order valence-electron chi connectivity index (χ3n) is 3.97. The Labute approximate surface area is 124 Å². The summed E-state index contributed by atoms with van der Waals surface area (Å²) in [5, 5.41) is 3.46. The fourth-order valence-electron chi connectivity index (χ4n) is 3.18. The number of nitrogens with zero attached hydrogens (tertiary/aromatic N) is 2. The van der Waals surface area contributed by atoms with E-state index in [4.69, 9.17) is 10.5 Å². The molecule has 0 radical (unpaired) electrons. The molecular weight excluding hydrogens is 268 g/mol. The Morgan fingerprint density at radius 2 is 2.24 bits per heavy atom. The molecule has 2 aliphatic heterocycles. The van der Waals surface area contributed by atoms with Gasteiger partial charge in [-0.25, -0.2) is 9.78 Å². The third-order valence-corrected chi connectivity index (χ3v) is 3.97. The number of fused-ring (bicyclic) bond motifs is 2. The van der Waals surface area contributed by atoms with Crippen LogP contribution in [-0.4, -0.2) is 40.2 Å². The van der Waals surface area contributed by atoms with Crippen LogP contribution in [0, 0.1) is 0 Å². The maximum Gasteiger partial charge on any atom is 0.411 e. The van der Waals surface area contributed by atoms with E-state index in [1.165, 1.54) is 0 Å². The van der Waals surface area contributed by atoms with E-state index in [1.807, 2.05) is 31.7 Å². The lowest BCUT2D eigenvalue weighted by Gasteiger charge is -2.36. The molecule has 3 unspecified atom stereocenters. The number of pyridine rings is 1. The SMILES string of the molecule is CC(C)(C)OC(=O)N1C2CNC(C2)C1c1ccc(N)nc1. The number of nitrogen functional groups attached to an aromatic ring is 1. The Balaban J connectivity index is 1.87. The van der Waals surface area contributed by atoms with E-state index in [0.717, 1.165) is 18.5 Å². The number of aromatic nitrogens is 1. The largest absolute Gasteiger partial charge is 0.444 e. The van der Waals surface area contributed by atoms with Crippen LogP contribution in [0.5, 0.6) is 0 Å². The van der Waals surface area contributed by atoms with Gasteiger partial charge in [0.1, 0.15) is 11.4 Å². The molecule has 0 aliphatic carbocycles. The second-order valence-corrected chi connectivity index (χ2v) is 6.75. The van der Waals surface area contributed by atoms with Gasteiger partial charge in [-0.15, -0.1) is 0 Å². The van der Waals surface area contributed by atoms with Gasteiger partial charge in [0.2, 0.25) is 0 Å². The van der Waals surface area contributed by atoms with E-state index in [-0.39, 0.29) is 24.2 Å². The zero-order valence-electron chi connectivity index (χ0n) is 12.7. The fourth-order valence-corrected chi connectivity index (χ4v) is 3.18. The summed E-state index contributed by atoms with van der Waals surface area (Å²) in [6, 6.07) is 4.12. The van der Waals surface area contributed by atoms with Crippen LogP contribution >= 0.6 is 0 Å². The molecule has 2 aliphatic rings. The van der Waals surface area contributed by atoms with Crippen LogP contribution < -0.4 is 11.1 Å². The number of nitrogens with two attached hydrogens (primary N) is 1. The van der Waals surface area contributed by atoms with E-state index >= 15 is 0 Å². The highest BCUT2D eigenvalue weighted by Crippen LogP contribution is 2.40. The molecule has 1 aromatic rings. The van der Waals surface area contributed by atoms with E-state index in [9.17, 15) is 4.79 Å². The predicted molar refractivity (Wildman–Crippen MR) is 79.7 cm³/mol. The van der Waals surface area contributed by atoms with Crippen LogP contribution in [0.25, 0.3) is 0 Å². The van der Waals surface area contributed by atoms with E-state index < -0.39 is 5.60 Å². The van der Waals surface area contributed by atoms with Gasteiger partial charge >= 0.3 is 6.09 Å². The lowest BCUT2D eigenvalue weighted by Crippen LogP contribution is -2.50. The molecule has 1 aromatic heterocycles. The van der Waals surface area contributed by atoms with Crippen LogP contribution in [0.4, 0.5) is 10.6 Å². The summed E-state index contributed by atoms with van der Waals surface area (Å²) >= 11 is 0. The topological polar surface area (TPSA) is 80.5 Å². The molecule has 3 atom stereocenters. The van der Waals surface area contributed by atoms with E-state index in [2.05, 4.69) is 10.3 Å². The number of ether oxygens (including phenoxy) is 1. The van der Waals surface area contributed by atoms with Gasteiger partial charge < -0.3 is 15.8 Å². The highest BCUT2D eigenvalue weighted by Gasteiger charge is 2.50. The lowest BCUT2D eigenvalue weighted by atomic mass is 10.0. The van der Waals surface area contributed by atoms with Crippen LogP contribution in [0.15, 0.2) is 18.3 Å². The molecule has 3 heterocycles. The number of nitrogens with one attached hydrogen (secondary N) is 1. The number of likely N-dealkylation sites (tertiary alicyclic amines) is 1. The first-order valence-electron chi connectivity index (χ1n) is 7.31. The van der Waals surface area contributed by atoms with Gasteiger partial charge in [-0.3, -0.25) is 4.90 Å². The smallest absolute Gasteiger partial charge is 0.411 e. The normalized spacial score (nSPS) is 28.0. The zero-order chi connectivity index (χ0) is 15.2. The average Bonchev–Trinajstić information content (AvgIpc) is 2.97. The molecule has 2 bridgehead atoms. The minimum absolute atomic E-state index is 0.0355. The van der Waals surface area contributed by atoms with Crippen molar-refractivity contribution in [2.45, 2.75) is 50.9 Å². The van der Waals surface area contributed by atoms with E-state index in [0.29, 0.717) is 5.82 Å². The number of amides is 1. The summed E-state index contributed by atoms with van der Waals surface area (Å²) in [5.41, 5.74) is 6.15. The number of rotatable bonds is 1. The molecule has 6 heteroatoms. The van der Waals surface area contributed by atoms with Gasteiger partial charge in [-0.05, 0) is 38.8 Å². The Hall–Kier alpha value is -1.82. The molecule has 114 valence electrons. The monoisotopic (exact) mass is 290 g/mol. The second kappa shape index (κ2) is 4.87. The molecule has 0 saturated carbocycles. The maximum atomic E-state index is 12.5. The lowest BCUT2D eigenvalue weighted by molar-refractivity contribution is 0.00966. The van der Waals surface area contributed by atoms with Crippen LogP contribution in [0.3, 0.4) is 0 Å². The predicted octanol–water partition coefficient (Wildman–Crippen LogP) is 1.69. The van der Waals surface area contributed by atoms with Crippen molar-refractivity contribution in [1.82, 2.24) is 15.2 Å². The third kappa shape index (κ3) is 2.68. The van der Waals surface area contributed by atoms with Crippen molar-refractivity contribution in [3.63, 3.8) is 0 Å². The van der Waals surface area contributed by atoms with Gasteiger partial charge in [0.05, 0.1) is 6.04 Å². The zero-order valence-corrected chi connectivity index (χ0v) is 12.7. The first kappa shape index (κ1) is 14.1. The Kier molecular flexibility index (Phi) is 3.28. The van der Waals surface area contributed by atoms with Gasteiger partial charge in [-0.1, -0.05) is 6.07 Å². The van der Waals surface area contributed by atoms with Crippen molar-refractivity contribution in [2.75, 3.05) is 12.3 Å². The number of hydrogen-bond donors (Lipinski definition) is 2. The first-order valence-corrected chi connectivity index (χ1v) is 7.31. The van der Waals surface area contributed by atoms with Crippen LogP contribution in [0.1, 0.15) is 38.8 Å². The Morgan fingerprint density at radius 1 is 1.48 bits per heavy atom. The number of carbonyl (C=O) groups is 1. The minimum Gasteiger partial charge on any atom is -0.444 e. The molecular formula is C15H22N4O2.